The van der Waals surface area contributed by atoms with Crippen LogP contribution in [0.1, 0.15) is 22.3 Å². The van der Waals surface area contributed by atoms with Gasteiger partial charge >= 0.3 is 7.12 Å². The molecule has 18 heavy (non-hydrogen) atoms. The van der Waals surface area contributed by atoms with Crippen LogP contribution < -0.4 is 5.46 Å². The largest absolute Gasteiger partial charge is 0.489 e. The normalized spacial score (nSPS) is 12.2. The van der Waals surface area contributed by atoms with Gasteiger partial charge in [0.15, 0.2) is 0 Å². The van der Waals surface area contributed by atoms with Crippen molar-refractivity contribution in [3.05, 3.63) is 52.6 Å². The molecule has 0 bridgehead atoms. The van der Waals surface area contributed by atoms with E-state index in [-0.39, 0.29) is 0 Å². The van der Waals surface area contributed by atoms with E-state index in [2.05, 4.69) is 18.2 Å². The highest BCUT2D eigenvalue weighted by Gasteiger charge is 2.27. The standard InChI is InChI=1S/C15H15BO2/c1-9-7-13-12-6-4-3-5-11(12)8-14(13)15(10(9)2)16(17)18/h3-7,17-18H,8H2,1-2H3. The topological polar surface area (TPSA) is 40.5 Å². The van der Waals surface area contributed by atoms with E-state index in [0.717, 1.165) is 28.7 Å². The minimum atomic E-state index is -1.40. The first-order valence-electron chi connectivity index (χ1n) is 6.17. The quantitative estimate of drug-likeness (QED) is 0.631. The summed E-state index contributed by atoms with van der Waals surface area (Å²) < 4.78 is 0. The van der Waals surface area contributed by atoms with Gasteiger partial charge in [-0.2, -0.15) is 0 Å². The summed E-state index contributed by atoms with van der Waals surface area (Å²) in [5.74, 6) is 0. The zero-order valence-corrected chi connectivity index (χ0v) is 10.6. The van der Waals surface area contributed by atoms with Crippen LogP contribution in [-0.4, -0.2) is 17.2 Å². The second kappa shape index (κ2) is 3.97. The van der Waals surface area contributed by atoms with E-state index in [1.807, 2.05) is 26.0 Å². The molecule has 0 saturated heterocycles. The second-order valence-electron chi connectivity index (χ2n) is 4.97. The van der Waals surface area contributed by atoms with Gasteiger partial charge in [-0.15, -0.1) is 0 Å². The summed E-state index contributed by atoms with van der Waals surface area (Å²) in [5.41, 5.74) is 7.47. The molecule has 3 rings (SSSR count). The molecule has 0 amide bonds. The van der Waals surface area contributed by atoms with Crippen molar-refractivity contribution in [3.8, 4) is 11.1 Å². The van der Waals surface area contributed by atoms with Crippen LogP contribution in [0, 0.1) is 13.8 Å². The molecule has 2 aromatic rings. The Labute approximate surface area is 107 Å². The molecular formula is C15H15BO2. The molecule has 0 saturated carbocycles. The minimum Gasteiger partial charge on any atom is -0.423 e. The summed E-state index contributed by atoms with van der Waals surface area (Å²) in [7, 11) is -1.40. The molecule has 0 radical (unpaired) electrons. The van der Waals surface area contributed by atoms with Gasteiger partial charge in [-0.05, 0) is 59.1 Å². The van der Waals surface area contributed by atoms with Crippen molar-refractivity contribution in [2.45, 2.75) is 20.3 Å². The van der Waals surface area contributed by atoms with Gasteiger partial charge in [0.1, 0.15) is 0 Å². The summed E-state index contributed by atoms with van der Waals surface area (Å²) >= 11 is 0. The van der Waals surface area contributed by atoms with Crippen LogP contribution >= 0.6 is 0 Å². The van der Waals surface area contributed by atoms with E-state index in [0.29, 0.717) is 5.46 Å². The predicted molar refractivity (Wildman–Crippen MR) is 74.0 cm³/mol. The van der Waals surface area contributed by atoms with Crippen molar-refractivity contribution in [1.82, 2.24) is 0 Å². The van der Waals surface area contributed by atoms with Crippen LogP contribution in [0.5, 0.6) is 0 Å². The van der Waals surface area contributed by atoms with E-state index in [4.69, 9.17) is 0 Å². The lowest BCUT2D eigenvalue weighted by molar-refractivity contribution is 0.425. The Morgan fingerprint density at radius 1 is 1.06 bits per heavy atom. The van der Waals surface area contributed by atoms with E-state index in [9.17, 15) is 10.0 Å². The molecule has 90 valence electrons. The van der Waals surface area contributed by atoms with Crippen molar-refractivity contribution >= 4 is 12.6 Å². The predicted octanol–water partition coefficient (Wildman–Crippen LogP) is 1.55. The maximum Gasteiger partial charge on any atom is 0.489 e. The third-order valence-electron chi connectivity index (χ3n) is 3.94. The molecule has 2 aromatic carbocycles. The molecule has 2 nitrogen and oxygen atoms in total. The highest BCUT2D eigenvalue weighted by atomic mass is 16.4. The van der Waals surface area contributed by atoms with E-state index >= 15 is 0 Å². The van der Waals surface area contributed by atoms with Crippen LogP contribution in [0.25, 0.3) is 11.1 Å². The van der Waals surface area contributed by atoms with Crippen LogP contribution in [0.2, 0.25) is 0 Å². The number of hydrogen-bond donors (Lipinski definition) is 2. The Morgan fingerprint density at radius 2 is 1.78 bits per heavy atom. The monoisotopic (exact) mass is 238 g/mol. The van der Waals surface area contributed by atoms with Crippen LogP contribution in [0.15, 0.2) is 30.3 Å². The molecule has 0 spiro atoms. The summed E-state index contributed by atoms with van der Waals surface area (Å²) in [6, 6.07) is 10.4. The molecular weight excluding hydrogens is 223 g/mol. The van der Waals surface area contributed by atoms with Gasteiger partial charge in [0, 0.05) is 0 Å². The van der Waals surface area contributed by atoms with Crippen molar-refractivity contribution in [2.75, 3.05) is 0 Å². The van der Waals surface area contributed by atoms with Gasteiger partial charge in [0.25, 0.3) is 0 Å². The van der Waals surface area contributed by atoms with Gasteiger partial charge < -0.3 is 10.0 Å². The number of fused-ring (bicyclic) bond motifs is 3. The summed E-state index contributed by atoms with van der Waals surface area (Å²) in [6.07, 6.45) is 0.791. The number of benzene rings is 2. The Morgan fingerprint density at radius 3 is 2.50 bits per heavy atom. The first-order chi connectivity index (χ1) is 8.59. The first kappa shape index (κ1) is 11.5. The Hall–Kier alpha value is -1.58. The fourth-order valence-corrected chi connectivity index (χ4v) is 2.90. The SMILES string of the molecule is Cc1cc2c(c(B(O)O)c1C)Cc1ccccc1-2. The second-order valence-corrected chi connectivity index (χ2v) is 4.97. The zero-order chi connectivity index (χ0) is 12.9. The van der Waals surface area contributed by atoms with Crippen molar-refractivity contribution in [2.24, 2.45) is 0 Å². The van der Waals surface area contributed by atoms with Crippen LogP contribution in [-0.2, 0) is 6.42 Å². The third kappa shape index (κ3) is 1.52. The summed E-state index contributed by atoms with van der Waals surface area (Å²) in [5, 5.41) is 19.3. The van der Waals surface area contributed by atoms with Gasteiger partial charge in [-0.1, -0.05) is 30.3 Å². The van der Waals surface area contributed by atoms with Gasteiger partial charge in [-0.3, -0.25) is 0 Å². The molecule has 0 atom stereocenters. The molecule has 3 heteroatoms. The Kier molecular flexibility index (Phi) is 2.54. The molecule has 0 heterocycles. The van der Waals surface area contributed by atoms with Gasteiger partial charge in [0.05, 0.1) is 0 Å². The lowest BCUT2D eigenvalue weighted by atomic mass is 9.72. The average molecular weight is 238 g/mol. The summed E-state index contributed by atoms with van der Waals surface area (Å²) in [4.78, 5) is 0. The van der Waals surface area contributed by atoms with Crippen LogP contribution in [0.4, 0.5) is 0 Å². The molecule has 2 N–H and O–H groups in total. The van der Waals surface area contributed by atoms with E-state index < -0.39 is 7.12 Å². The molecule has 1 aliphatic rings. The van der Waals surface area contributed by atoms with E-state index in [1.54, 1.807) is 0 Å². The fourth-order valence-electron chi connectivity index (χ4n) is 2.90. The fraction of sp³-hybridized carbons (Fsp3) is 0.200. The number of aryl methyl sites for hydroxylation is 1. The Bertz CT molecular complexity index is 633. The molecule has 0 aromatic heterocycles. The minimum absolute atomic E-state index is 0.682. The summed E-state index contributed by atoms with van der Waals surface area (Å²) in [6.45, 7) is 3.97. The van der Waals surface area contributed by atoms with Gasteiger partial charge in [-0.25, -0.2) is 0 Å². The third-order valence-corrected chi connectivity index (χ3v) is 3.94. The molecule has 1 aliphatic carbocycles. The van der Waals surface area contributed by atoms with Crippen molar-refractivity contribution < 1.29 is 10.0 Å². The number of rotatable bonds is 1. The number of hydrogen-bond acceptors (Lipinski definition) is 2. The van der Waals surface area contributed by atoms with Crippen molar-refractivity contribution in [3.63, 3.8) is 0 Å². The van der Waals surface area contributed by atoms with E-state index in [1.165, 1.54) is 11.1 Å². The van der Waals surface area contributed by atoms with Gasteiger partial charge in [0.2, 0.25) is 0 Å². The lowest BCUT2D eigenvalue weighted by Gasteiger charge is -2.14. The molecule has 0 unspecified atom stereocenters. The first-order valence-corrected chi connectivity index (χ1v) is 6.17. The molecule has 0 fully saturated rings. The maximum absolute atomic E-state index is 9.63. The van der Waals surface area contributed by atoms with Crippen molar-refractivity contribution in [1.29, 1.82) is 0 Å². The highest BCUT2D eigenvalue weighted by molar-refractivity contribution is 6.60. The van der Waals surface area contributed by atoms with Crippen LogP contribution in [0.3, 0.4) is 0 Å². The maximum atomic E-state index is 9.63. The average Bonchev–Trinajstić information content (AvgIpc) is 2.68. The molecule has 0 aliphatic heterocycles. The Balaban J connectivity index is 2.32. The highest BCUT2D eigenvalue weighted by Crippen LogP contribution is 2.36. The lowest BCUT2D eigenvalue weighted by Crippen LogP contribution is -2.35. The smallest absolute Gasteiger partial charge is 0.423 e. The zero-order valence-electron chi connectivity index (χ0n) is 10.6.